The SMILES string of the molecule is CCOc1cc(C(=O)NCc2ccc(-c3nc4ccccc4o3)cc2)cc(OCC)c1OCC. The van der Waals surface area contributed by atoms with E-state index >= 15 is 0 Å². The van der Waals surface area contributed by atoms with Gasteiger partial charge in [-0.25, -0.2) is 4.98 Å². The Morgan fingerprint density at radius 2 is 1.53 bits per heavy atom. The van der Waals surface area contributed by atoms with Crippen LogP contribution in [0.1, 0.15) is 36.7 Å². The van der Waals surface area contributed by atoms with Crippen molar-refractivity contribution in [3.05, 3.63) is 71.8 Å². The van der Waals surface area contributed by atoms with Gasteiger partial charge in [-0.1, -0.05) is 24.3 Å². The molecule has 0 radical (unpaired) electrons. The average molecular weight is 461 g/mol. The number of benzene rings is 3. The van der Waals surface area contributed by atoms with Gasteiger partial charge < -0.3 is 23.9 Å². The molecule has 1 amide bonds. The number of nitrogens with zero attached hydrogens (tertiary/aromatic N) is 1. The van der Waals surface area contributed by atoms with Crippen LogP contribution in [-0.2, 0) is 6.54 Å². The van der Waals surface area contributed by atoms with E-state index in [-0.39, 0.29) is 5.91 Å². The van der Waals surface area contributed by atoms with Crippen molar-refractivity contribution in [1.29, 1.82) is 0 Å². The Morgan fingerprint density at radius 1 is 0.882 bits per heavy atom. The Hall–Kier alpha value is -4.00. The Balaban J connectivity index is 1.47. The molecule has 1 aromatic heterocycles. The minimum Gasteiger partial charge on any atom is -0.490 e. The molecule has 7 heteroatoms. The summed E-state index contributed by atoms with van der Waals surface area (Å²) in [4.78, 5) is 17.4. The fourth-order valence-corrected chi connectivity index (χ4v) is 3.57. The number of para-hydroxylation sites is 2. The van der Waals surface area contributed by atoms with E-state index in [0.29, 0.717) is 55.1 Å². The maximum atomic E-state index is 12.9. The van der Waals surface area contributed by atoms with Gasteiger partial charge in [0.15, 0.2) is 17.1 Å². The lowest BCUT2D eigenvalue weighted by atomic mass is 10.1. The summed E-state index contributed by atoms with van der Waals surface area (Å²) >= 11 is 0. The summed E-state index contributed by atoms with van der Waals surface area (Å²) in [7, 11) is 0. The Kier molecular flexibility index (Phi) is 7.32. The van der Waals surface area contributed by atoms with Gasteiger partial charge in [0, 0.05) is 17.7 Å². The third kappa shape index (κ3) is 5.14. The summed E-state index contributed by atoms with van der Waals surface area (Å²) in [5, 5.41) is 2.96. The summed E-state index contributed by atoms with van der Waals surface area (Å²) in [5.41, 5.74) is 3.84. The molecule has 0 fully saturated rings. The first-order valence-corrected chi connectivity index (χ1v) is 11.4. The molecular weight excluding hydrogens is 432 g/mol. The van der Waals surface area contributed by atoms with Gasteiger partial charge in [0.1, 0.15) is 5.52 Å². The van der Waals surface area contributed by atoms with Crippen molar-refractivity contribution < 1.29 is 23.4 Å². The summed E-state index contributed by atoms with van der Waals surface area (Å²) in [6.07, 6.45) is 0. The molecule has 0 saturated carbocycles. The van der Waals surface area contributed by atoms with Crippen LogP contribution < -0.4 is 19.5 Å². The van der Waals surface area contributed by atoms with E-state index in [1.165, 1.54) is 0 Å². The molecule has 1 heterocycles. The van der Waals surface area contributed by atoms with Gasteiger partial charge in [0.25, 0.3) is 5.91 Å². The maximum absolute atomic E-state index is 12.9. The molecule has 0 atom stereocenters. The molecule has 0 saturated heterocycles. The van der Waals surface area contributed by atoms with Gasteiger partial charge in [-0.3, -0.25) is 4.79 Å². The highest BCUT2D eigenvalue weighted by atomic mass is 16.5. The van der Waals surface area contributed by atoms with Crippen molar-refractivity contribution in [2.45, 2.75) is 27.3 Å². The van der Waals surface area contributed by atoms with Crippen LogP contribution in [0, 0.1) is 0 Å². The first-order chi connectivity index (χ1) is 16.6. The molecule has 4 rings (SSSR count). The van der Waals surface area contributed by atoms with E-state index in [4.69, 9.17) is 18.6 Å². The van der Waals surface area contributed by atoms with Gasteiger partial charge in [0.2, 0.25) is 11.6 Å². The van der Waals surface area contributed by atoms with Crippen molar-refractivity contribution in [1.82, 2.24) is 10.3 Å². The number of hydrogen-bond acceptors (Lipinski definition) is 6. The highest BCUT2D eigenvalue weighted by molar-refractivity contribution is 5.95. The van der Waals surface area contributed by atoms with Gasteiger partial charge in [-0.2, -0.15) is 0 Å². The number of nitrogens with one attached hydrogen (secondary N) is 1. The molecule has 4 aromatic rings. The van der Waals surface area contributed by atoms with Crippen LogP contribution in [0.4, 0.5) is 0 Å². The van der Waals surface area contributed by atoms with E-state index in [1.807, 2.05) is 69.3 Å². The number of carbonyl (C=O) groups is 1. The van der Waals surface area contributed by atoms with E-state index in [1.54, 1.807) is 12.1 Å². The lowest BCUT2D eigenvalue weighted by Gasteiger charge is -2.17. The van der Waals surface area contributed by atoms with E-state index in [0.717, 1.165) is 22.2 Å². The highest BCUT2D eigenvalue weighted by Crippen LogP contribution is 2.39. The standard InChI is InChI=1S/C27H28N2O5/c1-4-31-23-15-20(16-24(32-5-2)25(23)33-6-3)26(30)28-17-18-11-13-19(14-12-18)27-29-21-9-7-8-10-22(21)34-27/h7-16H,4-6,17H2,1-3H3,(H,28,30). The molecule has 0 aliphatic carbocycles. The first kappa shape index (κ1) is 23.2. The first-order valence-electron chi connectivity index (χ1n) is 11.4. The van der Waals surface area contributed by atoms with Crippen LogP contribution in [0.25, 0.3) is 22.6 Å². The van der Waals surface area contributed by atoms with Crippen LogP contribution in [0.2, 0.25) is 0 Å². The van der Waals surface area contributed by atoms with Crippen LogP contribution in [-0.4, -0.2) is 30.7 Å². The van der Waals surface area contributed by atoms with E-state index in [9.17, 15) is 4.79 Å². The third-order valence-electron chi connectivity index (χ3n) is 5.12. The van der Waals surface area contributed by atoms with Crippen LogP contribution in [0.3, 0.4) is 0 Å². The fraction of sp³-hybridized carbons (Fsp3) is 0.259. The molecule has 176 valence electrons. The number of ether oxygens (including phenoxy) is 3. The lowest BCUT2D eigenvalue weighted by molar-refractivity contribution is 0.0949. The minimum atomic E-state index is -0.229. The molecule has 0 unspecified atom stereocenters. The molecule has 1 N–H and O–H groups in total. The Labute approximate surface area is 198 Å². The Bertz CT molecular complexity index is 1200. The molecular formula is C27H28N2O5. The minimum absolute atomic E-state index is 0.229. The van der Waals surface area contributed by atoms with Gasteiger partial charge in [-0.05, 0) is 62.7 Å². The van der Waals surface area contributed by atoms with Gasteiger partial charge >= 0.3 is 0 Å². The fourth-order valence-electron chi connectivity index (χ4n) is 3.57. The zero-order valence-electron chi connectivity index (χ0n) is 19.6. The van der Waals surface area contributed by atoms with Crippen molar-refractivity contribution in [3.8, 4) is 28.7 Å². The number of rotatable bonds is 10. The monoisotopic (exact) mass is 460 g/mol. The summed E-state index contributed by atoms with van der Waals surface area (Å²) in [6.45, 7) is 7.38. The molecule has 0 bridgehead atoms. The number of oxazole rings is 1. The molecule has 7 nitrogen and oxygen atoms in total. The maximum Gasteiger partial charge on any atom is 0.251 e. The highest BCUT2D eigenvalue weighted by Gasteiger charge is 2.18. The van der Waals surface area contributed by atoms with Crippen molar-refractivity contribution in [2.75, 3.05) is 19.8 Å². The quantitative estimate of drug-likeness (QED) is 0.331. The summed E-state index contributed by atoms with van der Waals surface area (Å²) in [5.74, 6) is 1.83. The number of hydrogen-bond donors (Lipinski definition) is 1. The molecule has 0 aliphatic heterocycles. The van der Waals surface area contributed by atoms with Gasteiger partial charge in [-0.15, -0.1) is 0 Å². The zero-order valence-corrected chi connectivity index (χ0v) is 19.6. The molecule has 0 aliphatic rings. The van der Waals surface area contributed by atoms with Crippen molar-refractivity contribution >= 4 is 17.0 Å². The molecule has 0 spiro atoms. The summed E-state index contributed by atoms with van der Waals surface area (Å²) < 4.78 is 22.9. The Morgan fingerprint density at radius 3 is 2.15 bits per heavy atom. The van der Waals surface area contributed by atoms with Crippen LogP contribution in [0.15, 0.2) is 65.1 Å². The number of amides is 1. The summed E-state index contributed by atoms with van der Waals surface area (Å²) in [6, 6.07) is 18.8. The van der Waals surface area contributed by atoms with Crippen molar-refractivity contribution in [2.24, 2.45) is 0 Å². The van der Waals surface area contributed by atoms with Crippen molar-refractivity contribution in [3.63, 3.8) is 0 Å². The molecule has 34 heavy (non-hydrogen) atoms. The predicted molar refractivity (Wildman–Crippen MR) is 131 cm³/mol. The number of fused-ring (bicyclic) bond motifs is 1. The van der Waals surface area contributed by atoms with Crippen LogP contribution in [0.5, 0.6) is 17.2 Å². The third-order valence-corrected chi connectivity index (χ3v) is 5.12. The predicted octanol–water partition coefficient (Wildman–Crippen LogP) is 5.62. The van der Waals surface area contributed by atoms with E-state index < -0.39 is 0 Å². The number of carbonyl (C=O) groups excluding carboxylic acids is 1. The average Bonchev–Trinajstić information content (AvgIpc) is 3.29. The second-order valence-electron chi connectivity index (χ2n) is 7.47. The largest absolute Gasteiger partial charge is 0.490 e. The number of aromatic nitrogens is 1. The zero-order chi connectivity index (χ0) is 23.9. The topological polar surface area (TPSA) is 82.8 Å². The lowest BCUT2D eigenvalue weighted by Crippen LogP contribution is -2.23. The van der Waals surface area contributed by atoms with Crippen LogP contribution >= 0.6 is 0 Å². The second kappa shape index (κ2) is 10.7. The van der Waals surface area contributed by atoms with Gasteiger partial charge in [0.05, 0.1) is 19.8 Å². The molecule has 3 aromatic carbocycles. The van der Waals surface area contributed by atoms with E-state index in [2.05, 4.69) is 10.3 Å². The second-order valence-corrected chi connectivity index (χ2v) is 7.47. The smallest absolute Gasteiger partial charge is 0.251 e. The normalized spacial score (nSPS) is 10.8.